The second-order valence-corrected chi connectivity index (χ2v) is 3.88. The van der Waals surface area contributed by atoms with Crippen molar-refractivity contribution in [3.8, 4) is 0 Å². The molecule has 0 saturated carbocycles. The van der Waals surface area contributed by atoms with Gasteiger partial charge < -0.3 is 5.32 Å². The topological polar surface area (TPSA) is 12.0 Å². The lowest BCUT2D eigenvalue weighted by molar-refractivity contribution is 0.0993. The third kappa shape index (κ3) is 3.30. The maximum atomic E-state index is 12.7. The van der Waals surface area contributed by atoms with Crippen LogP contribution < -0.4 is 5.32 Å². The van der Waals surface area contributed by atoms with Crippen LogP contribution in [0.5, 0.6) is 0 Å². The zero-order valence-electron chi connectivity index (χ0n) is 8.11. The molecule has 0 aliphatic carbocycles. The predicted molar refractivity (Wildman–Crippen MR) is 58.9 cm³/mol. The molecule has 0 heterocycles. The minimum atomic E-state index is -2.51. The smallest absolute Gasteiger partial charge is 0.257 e. The summed E-state index contributed by atoms with van der Waals surface area (Å²) < 4.78 is 25.4. The van der Waals surface area contributed by atoms with E-state index in [0.29, 0.717) is 22.2 Å². The minimum absolute atomic E-state index is 0.297. The van der Waals surface area contributed by atoms with Gasteiger partial charge in [0.05, 0.1) is 6.04 Å². The largest absolute Gasteiger partial charge is 0.305 e. The Morgan fingerprint density at radius 3 is 2.53 bits per heavy atom. The minimum Gasteiger partial charge on any atom is -0.305 e. The summed E-state index contributed by atoms with van der Waals surface area (Å²) in [6.45, 7) is 2.20. The average molecular weight is 254 g/mol. The van der Waals surface area contributed by atoms with Crippen LogP contribution in [0, 0.1) is 0 Å². The molecule has 0 spiro atoms. The van der Waals surface area contributed by atoms with Crippen molar-refractivity contribution in [3.05, 3.63) is 33.8 Å². The highest BCUT2D eigenvalue weighted by atomic mass is 35.5. The van der Waals surface area contributed by atoms with Crippen molar-refractivity contribution in [2.75, 3.05) is 6.54 Å². The summed E-state index contributed by atoms with van der Waals surface area (Å²) in [4.78, 5) is 0. The average Bonchev–Trinajstić information content (AvgIpc) is 2.18. The molecule has 0 fully saturated rings. The van der Waals surface area contributed by atoms with Gasteiger partial charge in [-0.3, -0.25) is 0 Å². The van der Waals surface area contributed by atoms with E-state index in [1.807, 2.05) is 0 Å². The zero-order chi connectivity index (χ0) is 11.4. The Morgan fingerprint density at radius 2 is 2.00 bits per heavy atom. The number of hydrogen-bond donors (Lipinski definition) is 1. The van der Waals surface area contributed by atoms with Crippen LogP contribution in [-0.2, 0) is 0 Å². The molecule has 0 bridgehead atoms. The van der Waals surface area contributed by atoms with Crippen LogP contribution in [0.15, 0.2) is 18.2 Å². The molecule has 84 valence electrons. The molecule has 0 saturated heterocycles. The van der Waals surface area contributed by atoms with Crippen molar-refractivity contribution in [3.63, 3.8) is 0 Å². The number of rotatable bonds is 4. The van der Waals surface area contributed by atoms with E-state index in [4.69, 9.17) is 23.2 Å². The summed E-state index contributed by atoms with van der Waals surface area (Å²) in [6, 6.07) is 3.48. The van der Waals surface area contributed by atoms with Crippen molar-refractivity contribution in [1.29, 1.82) is 0 Å². The zero-order valence-corrected chi connectivity index (χ0v) is 9.62. The van der Waals surface area contributed by atoms with Gasteiger partial charge in [0.15, 0.2) is 0 Å². The molecule has 1 atom stereocenters. The van der Waals surface area contributed by atoms with Crippen LogP contribution in [0.25, 0.3) is 0 Å². The van der Waals surface area contributed by atoms with Crippen LogP contribution in [-0.4, -0.2) is 13.0 Å². The van der Waals surface area contributed by atoms with Gasteiger partial charge in [-0.1, -0.05) is 30.1 Å². The standard InChI is InChI=1S/C10H11Cl2F2N/c1-2-15-9(10(13)14)7-5-6(11)3-4-8(7)12/h3-5,9-10,15H,2H2,1H3. The number of hydrogen-bond acceptors (Lipinski definition) is 1. The molecule has 0 aliphatic heterocycles. The Bertz CT molecular complexity index is 331. The predicted octanol–water partition coefficient (Wildman–Crippen LogP) is 3.91. The van der Waals surface area contributed by atoms with E-state index < -0.39 is 12.5 Å². The first-order valence-electron chi connectivity index (χ1n) is 4.52. The van der Waals surface area contributed by atoms with Gasteiger partial charge in [-0.2, -0.15) is 0 Å². The number of halogens is 4. The van der Waals surface area contributed by atoms with E-state index in [9.17, 15) is 8.78 Å². The molecule has 1 unspecified atom stereocenters. The Hall–Kier alpha value is -0.380. The normalized spacial score (nSPS) is 13.2. The summed E-state index contributed by atoms with van der Waals surface area (Å²) in [6.07, 6.45) is -2.51. The molecule has 1 rings (SSSR count). The molecule has 5 heteroatoms. The van der Waals surface area contributed by atoms with Crippen LogP contribution in [0.4, 0.5) is 8.78 Å². The third-order valence-corrected chi connectivity index (χ3v) is 2.55. The van der Waals surface area contributed by atoms with Crippen LogP contribution in [0.3, 0.4) is 0 Å². The molecule has 0 aliphatic rings. The van der Waals surface area contributed by atoms with E-state index in [-0.39, 0.29) is 0 Å². The first-order chi connectivity index (χ1) is 7.06. The lowest BCUT2D eigenvalue weighted by Crippen LogP contribution is -2.27. The lowest BCUT2D eigenvalue weighted by Gasteiger charge is -2.18. The highest BCUT2D eigenvalue weighted by Gasteiger charge is 2.23. The summed E-state index contributed by atoms with van der Waals surface area (Å²) >= 11 is 11.6. The summed E-state index contributed by atoms with van der Waals surface area (Å²) in [5.41, 5.74) is 0.334. The highest BCUT2D eigenvalue weighted by molar-refractivity contribution is 6.33. The Balaban J connectivity index is 3.04. The van der Waals surface area contributed by atoms with E-state index >= 15 is 0 Å². The van der Waals surface area contributed by atoms with Gasteiger partial charge in [0, 0.05) is 10.0 Å². The number of alkyl halides is 2. The first-order valence-corrected chi connectivity index (χ1v) is 5.28. The van der Waals surface area contributed by atoms with Crippen LogP contribution >= 0.6 is 23.2 Å². The van der Waals surface area contributed by atoms with Gasteiger partial charge >= 0.3 is 0 Å². The SMILES string of the molecule is CCNC(c1cc(Cl)ccc1Cl)C(F)F. The van der Waals surface area contributed by atoms with Crippen molar-refractivity contribution in [1.82, 2.24) is 5.32 Å². The first kappa shape index (κ1) is 12.7. The van der Waals surface area contributed by atoms with Crippen molar-refractivity contribution < 1.29 is 8.78 Å². The molecule has 1 N–H and O–H groups in total. The van der Waals surface area contributed by atoms with E-state index in [1.54, 1.807) is 13.0 Å². The maximum absolute atomic E-state index is 12.7. The molecule has 15 heavy (non-hydrogen) atoms. The molecule has 1 aromatic carbocycles. The van der Waals surface area contributed by atoms with E-state index in [1.165, 1.54) is 12.1 Å². The molecule has 0 aromatic heterocycles. The van der Waals surface area contributed by atoms with E-state index in [0.717, 1.165) is 0 Å². The monoisotopic (exact) mass is 253 g/mol. The summed E-state index contributed by atoms with van der Waals surface area (Å²) in [7, 11) is 0. The molecular weight excluding hydrogens is 243 g/mol. The molecular formula is C10H11Cl2F2N. The summed E-state index contributed by atoms with van der Waals surface area (Å²) in [5.74, 6) is 0. The fraction of sp³-hybridized carbons (Fsp3) is 0.400. The molecule has 1 aromatic rings. The lowest BCUT2D eigenvalue weighted by atomic mass is 10.1. The quantitative estimate of drug-likeness (QED) is 0.858. The number of benzene rings is 1. The number of nitrogens with one attached hydrogen (secondary N) is 1. The van der Waals surface area contributed by atoms with Gasteiger partial charge in [0.25, 0.3) is 6.43 Å². The van der Waals surface area contributed by atoms with Crippen LogP contribution in [0.2, 0.25) is 10.0 Å². The van der Waals surface area contributed by atoms with Gasteiger partial charge in [-0.05, 0) is 30.3 Å². The Kier molecular flexibility index (Phi) is 4.77. The van der Waals surface area contributed by atoms with Crippen molar-refractivity contribution in [2.24, 2.45) is 0 Å². The van der Waals surface area contributed by atoms with Crippen molar-refractivity contribution >= 4 is 23.2 Å². The van der Waals surface area contributed by atoms with E-state index in [2.05, 4.69) is 5.32 Å². The van der Waals surface area contributed by atoms with Gasteiger partial charge in [0.1, 0.15) is 0 Å². The molecule has 0 amide bonds. The van der Waals surface area contributed by atoms with Crippen molar-refractivity contribution in [2.45, 2.75) is 19.4 Å². The second kappa shape index (κ2) is 5.64. The fourth-order valence-corrected chi connectivity index (χ4v) is 1.72. The molecule has 0 radical (unpaired) electrons. The molecule has 1 nitrogen and oxygen atoms in total. The second-order valence-electron chi connectivity index (χ2n) is 3.04. The highest BCUT2D eigenvalue weighted by Crippen LogP contribution is 2.29. The maximum Gasteiger partial charge on any atom is 0.257 e. The fourth-order valence-electron chi connectivity index (χ4n) is 1.31. The Morgan fingerprint density at radius 1 is 1.33 bits per heavy atom. The Labute approximate surface area is 97.4 Å². The third-order valence-electron chi connectivity index (χ3n) is 1.97. The van der Waals surface area contributed by atoms with Gasteiger partial charge in [-0.25, -0.2) is 8.78 Å². The van der Waals surface area contributed by atoms with Gasteiger partial charge in [0.2, 0.25) is 0 Å². The van der Waals surface area contributed by atoms with Crippen LogP contribution in [0.1, 0.15) is 18.5 Å². The summed E-state index contributed by atoms with van der Waals surface area (Å²) in [5, 5.41) is 3.37. The van der Waals surface area contributed by atoms with Gasteiger partial charge in [-0.15, -0.1) is 0 Å².